The number of nitrogens with one attached hydrogen (secondary N) is 1. The van der Waals surface area contributed by atoms with Gasteiger partial charge in [-0.2, -0.15) is 0 Å². The molecule has 2 rings (SSSR count). The summed E-state index contributed by atoms with van der Waals surface area (Å²) in [5, 5.41) is 10.2. The molecule has 0 aliphatic carbocycles. The fourth-order valence-corrected chi connectivity index (χ4v) is 2.60. The lowest BCUT2D eigenvalue weighted by Gasteiger charge is -2.14. The van der Waals surface area contributed by atoms with Crippen LogP contribution >= 0.6 is 0 Å². The van der Waals surface area contributed by atoms with E-state index in [1.54, 1.807) is 12.1 Å². The molecule has 2 N–H and O–H groups in total. The van der Waals surface area contributed by atoms with Gasteiger partial charge in [-0.3, -0.25) is 4.79 Å². The van der Waals surface area contributed by atoms with Crippen molar-refractivity contribution < 1.29 is 19.3 Å². The molecular formula is C18H24N2O5. The van der Waals surface area contributed by atoms with E-state index in [0.29, 0.717) is 35.1 Å². The third-order valence-electron chi connectivity index (χ3n) is 3.74. The minimum Gasteiger partial charge on any atom is -0.493 e. The van der Waals surface area contributed by atoms with Crippen LogP contribution in [-0.4, -0.2) is 36.4 Å². The van der Waals surface area contributed by atoms with Crippen molar-refractivity contribution in [2.24, 2.45) is 5.92 Å². The Morgan fingerprint density at radius 3 is 2.20 bits per heavy atom. The van der Waals surface area contributed by atoms with Crippen molar-refractivity contribution in [1.82, 2.24) is 9.97 Å². The Balaban J connectivity index is 2.40. The summed E-state index contributed by atoms with van der Waals surface area (Å²) < 4.78 is 15.9. The van der Waals surface area contributed by atoms with Gasteiger partial charge in [-0.05, 0) is 30.0 Å². The number of aromatic hydroxyl groups is 1. The zero-order valence-electron chi connectivity index (χ0n) is 15.2. The number of ether oxygens (including phenoxy) is 3. The van der Waals surface area contributed by atoms with Gasteiger partial charge in [0.15, 0.2) is 11.5 Å². The van der Waals surface area contributed by atoms with E-state index in [1.807, 2.05) is 13.8 Å². The van der Waals surface area contributed by atoms with Crippen LogP contribution in [0.1, 0.15) is 30.8 Å². The van der Waals surface area contributed by atoms with Crippen LogP contribution in [-0.2, 0) is 12.8 Å². The number of rotatable bonds is 7. The number of hydrogen-bond donors (Lipinski definition) is 2. The molecule has 25 heavy (non-hydrogen) atoms. The Bertz CT molecular complexity index is 774. The lowest BCUT2D eigenvalue weighted by molar-refractivity contribution is 0.324. The molecule has 136 valence electrons. The van der Waals surface area contributed by atoms with Crippen LogP contribution in [0.2, 0.25) is 0 Å². The maximum Gasteiger partial charge on any atom is 0.270 e. The molecule has 0 bridgehead atoms. The minimum absolute atomic E-state index is 0.177. The van der Waals surface area contributed by atoms with Gasteiger partial charge in [0, 0.05) is 6.42 Å². The minimum atomic E-state index is -0.283. The molecule has 7 nitrogen and oxygen atoms in total. The maximum absolute atomic E-state index is 12.2. The standard InChI is InChI=1S/C18H24N2O5/c1-10(2)6-12-17(21)20-13(18(22)19-12)7-11-8-14(23-3)16(25-5)15(9-11)24-4/h8-10H,6-7H2,1-5H3,(H,19,22)(H,20,21). The second kappa shape index (κ2) is 7.92. The number of nitrogens with zero attached hydrogens (tertiary/aromatic N) is 1. The van der Waals surface area contributed by atoms with Crippen LogP contribution in [0.4, 0.5) is 0 Å². The molecule has 0 saturated carbocycles. The lowest BCUT2D eigenvalue weighted by atomic mass is 10.1. The number of methoxy groups -OCH3 is 3. The first kappa shape index (κ1) is 18.6. The highest BCUT2D eigenvalue weighted by Crippen LogP contribution is 2.38. The summed E-state index contributed by atoms with van der Waals surface area (Å²) >= 11 is 0. The quantitative estimate of drug-likeness (QED) is 0.797. The highest BCUT2D eigenvalue weighted by atomic mass is 16.5. The van der Waals surface area contributed by atoms with Gasteiger partial charge in [0.1, 0.15) is 5.69 Å². The Kier molecular flexibility index (Phi) is 5.90. The van der Waals surface area contributed by atoms with Crippen LogP contribution < -0.4 is 19.8 Å². The second-order valence-electron chi connectivity index (χ2n) is 6.12. The van der Waals surface area contributed by atoms with E-state index < -0.39 is 0 Å². The predicted octanol–water partition coefficient (Wildman–Crippen LogP) is 2.29. The van der Waals surface area contributed by atoms with Crippen molar-refractivity contribution in [2.45, 2.75) is 26.7 Å². The van der Waals surface area contributed by atoms with Gasteiger partial charge < -0.3 is 24.3 Å². The Morgan fingerprint density at radius 1 is 1.12 bits per heavy atom. The molecular weight excluding hydrogens is 324 g/mol. The van der Waals surface area contributed by atoms with Crippen LogP contribution in [0.3, 0.4) is 0 Å². The van der Waals surface area contributed by atoms with Crippen LogP contribution in [0.15, 0.2) is 16.9 Å². The largest absolute Gasteiger partial charge is 0.493 e. The van der Waals surface area contributed by atoms with Crippen LogP contribution in [0, 0.1) is 5.92 Å². The summed E-state index contributed by atoms with van der Waals surface area (Å²) in [7, 11) is 4.59. The molecule has 2 aromatic rings. The van der Waals surface area contributed by atoms with Gasteiger partial charge in [-0.25, -0.2) is 4.98 Å². The molecule has 0 spiro atoms. The van der Waals surface area contributed by atoms with Crippen molar-refractivity contribution in [3.63, 3.8) is 0 Å². The molecule has 0 unspecified atom stereocenters. The molecule has 7 heteroatoms. The monoisotopic (exact) mass is 348 g/mol. The van der Waals surface area contributed by atoms with E-state index in [1.165, 1.54) is 21.3 Å². The molecule has 0 fully saturated rings. The summed E-state index contributed by atoms with van der Waals surface area (Å²) in [6.07, 6.45) is 0.778. The number of benzene rings is 1. The van der Waals surface area contributed by atoms with Crippen molar-refractivity contribution in [2.75, 3.05) is 21.3 Å². The van der Waals surface area contributed by atoms with Gasteiger partial charge in [0.25, 0.3) is 5.56 Å². The van der Waals surface area contributed by atoms with Crippen molar-refractivity contribution >= 4 is 0 Å². The number of hydrogen-bond acceptors (Lipinski definition) is 6. The lowest BCUT2D eigenvalue weighted by Crippen LogP contribution is -2.19. The smallest absolute Gasteiger partial charge is 0.270 e. The highest BCUT2D eigenvalue weighted by molar-refractivity contribution is 5.54. The van der Waals surface area contributed by atoms with Crippen LogP contribution in [0.25, 0.3) is 0 Å². The summed E-state index contributed by atoms with van der Waals surface area (Å²) in [4.78, 5) is 18.9. The van der Waals surface area contributed by atoms with E-state index in [9.17, 15) is 9.90 Å². The summed E-state index contributed by atoms with van der Waals surface area (Å²) in [6.45, 7) is 3.98. The van der Waals surface area contributed by atoms with Gasteiger partial charge in [-0.1, -0.05) is 13.8 Å². The van der Waals surface area contributed by atoms with E-state index in [2.05, 4.69) is 9.97 Å². The highest BCUT2D eigenvalue weighted by Gasteiger charge is 2.16. The summed E-state index contributed by atoms with van der Waals surface area (Å²) in [5.41, 5.74) is 1.17. The van der Waals surface area contributed by atoms with Crippen molar-refractivity contribution in [3.8, 4) is 23.1 Å². The number of aromatic nitrogens is 2. The van der Waals surface area contributed by atoms with Gasteiger partial charge in [0.2, 0.25) is 11.6 Å². The average Bonchev–Trinajstić information content (AvgIpc) is 2.57. The van der Waals surface area contributed by atoms with Gasteiger partial charge in [-0.15, -0.1) is 0 Å². The Labute approximate surface area is 146 Å². The molecule has 0 saturated heterocycles. The van der Waals surface area contributed by atoms with E-state index in [-0.39, 0.29) is 23.8 Å². The van der Waals surface area contributed by atoms with E-state index >= 15 is 0 Å². The second-order valence-corrected chi connectivity index (χ2v) is 6.12. The average molecular weight is 348 g/mol. The van der Waals surface area contributed by atoms with Gasteiger partial charge in [0.05, 0.1) is 27.0 Å². The number of H-pyrrole nitrogens is 1. The zero-order valence-corrected chi connectivity index (χ0v) is 15.2. The normalized spacial score (nSPS) is 10.8. The first-order valence-corrected chi connectivity index (χ1v) is 7.99. The molecule has 1 aromatic heterocycles. The third kappa shape index (κ3) is 4.23. The third-order valence-corrected chi connectivity index (χ3v) is 3.74. The van der Waals surface area contributed by atoms with E-state index in [4.69, 9.17) is 14.2 Å². The van der Waals surface area contributed by atoms with E-state index in [0.717, 1.165) is 5.56 Å². The fourth-order valence-electron chi connectivity index (χ4n) is 2.60. The molecule has 1 aromatic carbocycles. The first-order chi connectivity index (χ1) is 11.9. The molecule has 0 aliphatic rings. The molecule has 1 heterocycles. The predicted molar refractivity (Wildman–Crippen MR) is 94.0 cm³/mol. The molecule has 0 amide bonds. The number of aromatic amines is 1. The first-order valence-electron chi connectivity index (χ1n) is 7.99. The van der Waals surface area contributed by atoms with Crippen molar-refractivity contribution in [3.05, 3.63) is 39.4 Å². The molecule has 0 atom stereocenters. The maximum atomic E-state index is 12.2. The Hall–Kier alpha value is -2.70. The molecule has 0 aliphatic heterocycles. The Morgan fingerprint density at radius 2 is 1.72 bits per heavy atom. The summed E-state index contributed by atoms with van der Waals surface area (Å²) in [5.74, 6) is 1.58. The van der Waals surface area contributed by atoms with Crippen molar-refractivity contribution in [1.29, 1.82) is 0 Å². The van der Waals surface area contributed by atoms with Crippen LogP contribution in [0.5, 0.6) is 23.1 Å². The summed E-state index contributed by atoms with van der Waals surface area (Å²) in [6, 6.07) is 3.53. The SMILES string of the molecule is COc1cc(Cc2[nH]c(=O)c(CC(C)C)nc2O)cc(OC)c1OC. The van der Waals surface area contributed by atoms with Gasteiger partial charge >= 0.3 is 0 Å². The molecule has 0 radical (unpaired) electrons. The zero-order chi connectivity index (χ0) is 18.6. The topological polar surface area (TPSA) is 93.7 Å². The fraction of sp³-hybridized carbons (Fsp3) is 0.444.